The summed E-state index contributed by atoms with van der Waals surface area (Å²) in [6.45, 7) is 0.619. The summed E-state index contributed by atoms with van der Waals surface area (Å²) in [5, 5.41) is 24.7. The maximum absolute atomic E-state index is 12.5. The third-order valence-corrected chi connectivity index (χ3v) is 9.95. The second kappa shape index (κ2) is 16.6. The van der Waals surface area contributed by atoms with Crippen LogP contribution in [0.3, 0.4) is 0 Å². The van der Waals surface area contributed by atoms with Gasteiger partial charge in [-0.1, -0.05) is 11.8 Å². The van der Waals surface area contributed by atoms with Crippen LogP contribution in [0.25, 0.3) is 33.4 Å². The number of carboxylic acids is 1. The van der Waals surface area contributed by atoms with Gasteiger partial charge in [0.1, 0.15) is 13.2 Å². The minimum atomic E-state index is -2.75. The molecule has 0 fully saturated rings. The Morgan fingerprint density at radius 1 is 1.05 bits per heavy atom. The Labute approximate surface area is 292 Å². The smallest absolute Gasteiger partial charge is 1.00 e. The fourth-order valence-electron chi connectivity index (χ4n) is 3.52. The molecular weight excluding hydrogens is 831 g/mol. The van der Waals surface area contributed by atoms with Gasteiger partial charge in [-0.3, -0.25) is 0 Å². The molecular formula is C26H14Br2HgNa2O7. The first-order chi connectivity index (χ1) is 17.2. The minimum Gasteiger partial charge on any atom is 1.00 e. The molecule has 0 aromatic heterocycles. The number of terminal acetylenes is 2. The van der Waals surface area contributed by atoms with E-state index in [1.54, 1.807) is 30.3 Å². The van der Waals surface area contributed by atoms with Crippen LogP contribution in [0.15, 0.2) is 60.6 Å². The normalized spacial score (nSPS) is 9.61. The van der Waals surface area contributed by atoms with E-state index in [2.05, 4.69) is 48.4 Å². The van der Waals surface area contributed by atoms with Crippen molar-refractivity contribution in [2.24, 2.45) is 0 Å². The molecule has 4 rings (SSSR count). The minimum absolute atomic E-state index is 0. The first kappa shape index (κ1) is 35.4. The first-order valence-corrected chi connectivity index (χ1v) is 17.0. The Bertz CT molecular complexity index is 1560. The molecule has 0 spiro atoms. The van der Waals surface area contributed by atoms with E-state index in [4.69, 9.17) is 17.3 Å². The van der Waals surface area contributed by atoms with Crippen LogP contribution in [-0.2, 0) is 29.8 Å². The van der Waals surface area contributed by atoms with E-state index in [1.807, 2.05) is 0 Å². The number of hydrogen-bond donors (Lipinski definition) is 1. The first-order valence-electron chi connectivity index (χ1n) is 10.2. The topological polar surface area (TPSA) is 123 Å². The molecule has 178 valence electrons. The van der Waals surface area contributed by atoms with Crippen molar-refractivity contribution in [1.29, 1.82) is 0 Å². The largest absolute Gasteiger partial charge is 1.00 e. The van der Waals surface area contributed by atoms with Gasteiger partial charge in [-0.15, -0.1) is 12.8 Å². The molecule has 1 N–H and O–H groups in total. The van der Waals surface area contributed by atoms with Gasteiger partial charge in [-0.2, -0.15) is 0 Å². The van der Waals surface area contributed by atoms with E-state index in [9.17, 15) is 22.8 Å². The number of carbonyl (C=O) groups excluding carboxylic acids is 1. The number of fused-ring (bicyclic) bond motifs is 2. The number of benzene rings is 3. The van der Waals surface area contributed by atoms with Crippen LogP contribution in [0.4, 0.5) is 0 Å². The molecule has 0 saturated heterocycles. The van der Waals surface area contributed by atoms with E-state index in [1.165, 1.54) is 12.1 Å². The zero-order valence-electron chi connectivity index (χ0n) is 20.5. The summed E-state index contributed by atoms with van der Waals surface area (Å²) in [6.07, 6.45) is 9.65. The maximum atomic E-state index is 12.5. The maximum Gasteiger partial charge on any atom is 1.00 e. The third-order valence-electron chi connectivity index (χ3n) is 5.01. The van der Waals surface area contributed by atoms with Crippen LogP contribution < -0.4 is 77.8 Å². The van der Waals surface area contributed by atoms with Crippen LogP contribution in [0, 0.1) is 24.7 Å². The molecule has 1 aliphatic carbocycles. The van der Waals surface area contributed by atoms with Crippen LogP contribution in [0.5, 0.6) is 5.75 Å². The summed E-state index contributed by atoms with van der Waals surface area (Å²) in [7, 11) is 0. The Balaban J connectivity index is 0.000000712. The third kappa shape index (κ3) is 7.96. The van der Waals surface area contributed by atoms with Crippen LogP contribution in [-0.4, -0.2) is 22.2 Å². The number of rotatable bonds is 5. The average Bonchev–Trinajstić information content (AvgIpc) is 2.86. The fraction of sp³-hybridized carbons (Fsp3) is 0.0769. The van der Waals surface area contributed by atoms with Crippen LogP contribution in [0.1, 0.15) is 10.4 Å². The SMILES string of the molecule is C#CCOCC#C.O=C([O-])c1ccccc1-c1c2cc(Br)c(=O)cc-2oc2[c]([Hg][OH])c([O-])c(Br)cc12.[Na+].[Na+]. The number of aromatic carboxylic acids is 1. The summed E-state index contributed by atoms with van der Waals surface area (Å²) in [5.74, 6) is 3.05. The fourth-order valence-corrected chi connectivity index (χ4v) is 8.22. The van der Waals surface area contributed by atoms with Gasteiger partial charge in [-0.05, 0) is 0 Å². The predicted octanol–water partition coefficient (Wildman–Crippen LogP) is -3.58. The van der Waals surface area contributed by atoms with Gasteiger partial charge in [0.2, 0.25) is 0 Å². The molecule has 0 bridgehead atoms. The molecule has 7 nitrogen and oxygen atoms in total. The molecule has 1 aliphatic heterocycles. The monoisotopic (exact) mass is 844 g/mol. The molecule has 0 radical (unpaired) electrons. The molecule has 0 atom stereocenters. The van der Waals surface area contributed by atoms with Crippen LogP contribution >= 0.6 is 31.9 Å². The van der Waals surface area contributed by atoms with Crippen molar-refractivity contribution < 1.29 is 111 Å². The summed E-state index contributed by atoms with van der Waals surface area (Å²) < 4.78 is 21.3. The van der Waals surface area contributed by atoms with E-state index >= 15 is 0 Å². The van der Waals surface area contributed by atoms with Gasteiger partial charge < -0.3 is 4.74 Å². The zero-order chi connectivity index (χ0) is 26.4. The van der Waals surface area contributed by atoms with Gasteiger partial charge in [-0.25, -0.2) is 0 Å². The Hall–Kier alpha value is -0.665. The molecule has 0 amide bonds. The van der Waals surface area contributed by atoms with Gasteiger partial charge in [0.05, 0.1) is 0 Å². The van der Waals surface area contributed by atoms with Crippen molar-refractivity contribution in [2.75, 3.05) is 13.2 Å². The van der Waals surface area contributed by atoms with Crippen molar-refractivity contribution in [3.8, 4) is 52.9 Å². The van der Waals surface area contributed by atoms with E-state index < -0.39 is 31.0 Å². The van der Waals surface area contributed by atoms with Gasteiger partial charge >= 0.3 is 254 Å². The predicted molar refractivity (Wildman–Crippen MR) is 134 cm³/mol. The molecule has 2 aromatic carbocycles. The van der Waals surface area contributed by atoms with Gasteiger partial charge in [0.25, 0.3) is 0 Å². The Kier molecular flexibility index (Phi) is 15.4. The number of carbonyl (C=O) groups is 1. The number of ether oxygens (including phenoxy) is 1. The van der Waals surface area contributed by atoms with Crippen LogP contribution in [0.2, 0.25) is 0 Å². The summed E-state index contributed by atoms with van der Waals surface area (Å²) in [5.41, 5.74) is 1.14. The van der Waals surface area contributed by atoms with E-state index in [0.717, 1.165) is 0 Å². The second-order valence-corrected chi connectivity index (χ2v) is 12.9. The summed E-state index contributed by atoms with van der Waals surface area (Å²) >= 11 is 3.71. The molecule has 12 heteroatoms. The Morgan fingerprint density at radius 2 is 1.68 bits per heavy atom. The van der Waals surface area contributed by atoms with Crippen molar-refractivity contribution in [3.63, 3.8) is 0 Å². The number of halogens is 2. The molecule has 0 unspecified atom stereocenters. The number of carboxylic acid groups (broad SMARTS) is 1. The molecule has 2 aliphatic rings. The molecule has 0 saturated carbocycles. The van der Waals surface area contributed by atoms with Gasteiger partial charge in [0.15, 0.2) is 0 Å². The molecule has 2 aromatic rings. The summed E-state index contributed by atoms with van der Waals surface area (Å²) in [4.78, 5) is 23.9. The molecule has 38 heavy (non-hydrogen) atoms. The van der Waals surface area contributed by atoms with Crippen molar-refractivity contribution in [1.82, 2.24) is 0 Å². The van der Waals surface area contributed by atoms with E-state index in [-0.39, 0.29) is 99.2 Å². The summed E-state index contributed by atoms with van der Waals surface area (Å²) in [6, 6.07) is 10.7. The van der Waals surface area contributed by atoms with Crippen molar-refractivity contribution >= 4 is 51.9 Å². The van der Waals surface area contributed by atoms with Crippen molar-refractivity contribution in [3.05, 3.63) is 67.2 Å². The zero-order valence-corrected chi connectivity index (χ0v) is 33.1. The standard InChI is InChI=1S/C20H9Br2O5.C6H6O.Hg.2Na.H2O/c21-13-5-11-17(7-15(13)23)27-18-8-16(24)14(22)6-12(18)19(11)9-3-1-2-4-10(9)20(25)26;1-3-5-7-6-4-2;;;;/h1-7,24H,(H,25,26);1-2H,5-6H2;;;;1H2/q;;3*+1;/p-3. The average molecular weight is 845 g/mol. The number of hydrogen-bond acceptors (Lipinski definition) is 7. The van der Waals surface area contributed by atoms with E-state index in [0.29, 0.717) is 35.3 Å². The van der Waals surface area contributed by atoms with Crippen molar-refractivity contribution in [2.45, 2.75) is 0 Å². The second-order valence-electron chi connectivity index (χ2n) is 7.19. The molecule has 1 heterocycles. The Morgan fingerprint density at radius 3 is 2.26 bits per heavy atom. The van der Waals surface area contributed by atoms with Gasteiger partial charge in [0, 0.05) is 0 Å². The quantitative estimate of drug-likeness (QED) is 0.0956.